The van der Waals surface area contributed by atoms with Crippen LogP contribution < -0.4 is 5.32 Å². The average molecular weight is 365 g/mol. The van der Waals surface area contributed by atoms with E-state index in [0.29, 0.717) is 17.3 Å². The maximum absolute atomic E-state index is 14.1. The largest absolute Gasteiger partial charge is 0.505 e. The van der Waals surface area contributed by atoms with Crippen LogP contribution in [0.5, 0.6) is 5.75 Å². The number of piperidine rings is 1. The summed E-state index contributed by atoms with van der Waals surface area (Å²) in [4.78, 5) is 9.88. The molecule has 1 fully saturated rings. The van der Waals surface area contributed by atoms with E-state index in [1.54, 1.807) is 11.3 Å². The third-order valence-electron chi connectivity index (χ3n) is 4.60. The highest BCUT2D eigenvalue weighted by Gasteiger charge is 2.31. The van der Waals surface area contributed by atoms with Crippen LogP contribution in [0.3, 0.4) is 0 Å². The van der Waals surface area contributed by atoms with Gasteiger partial charge in [-0.25, -0.2) is 13.8 Å². The quantitative estimate of drug-likeness (QED) is 0.874. The fourth-order valence-corrected chi connectivity index (χ4v) is 4.21. The van der Waals surface area contributed by atoms with Gasteiger partial charge in [0.05, 0.1) is 16.3 Å². The molecule has 5 nitrogen and oxygen atoms in total. The molecule has 8 heteroatoms. The normalized spacial score (nSPS) is 21.2. The molecule has 0 amide bonds. The molecule has 1 unspecified atom stereocenters. The number of nitrogens with zero attached hydrogens (tertiary/aromatic N) is 2. The van der Waals surface area contributed by atoms with Gasteiger partial charge in [-0.1, -0.05) is 5.16 Å². The molecule has 1 aromatic heterocycles. The smallest absolute Gasteiger partial charge is 0.174 e. The van der Waals surface area contributed by atoms with Gasteiger partial charge in [-0.15, -0.1) is 11.3 Å². The molecular formula is C17H17F2N3O2S. The lowest BCUT2D eigenvalue weighted by Gasteiger charge is -2.20. The van der Waals surface area contributed by atoms with E-state index in [9.17, 15) is 13.9 Å². The minimum atomic E-state index is -1.00. The van der Waals surface area contributed by atoms with Crippen LogP contribution in [-0.4, -0.2) is 28.9 Å². The van der Waals surface area contributed by atoms with E-state index in [-0.39, 0.29) is 12.0 Å². The van der Waals surface area contributed by atoms with Crippen LogP contribution in [-0.2, 0) is 4.84 Å². The lowest BCUT2D eigenvalue weighted by atomic mass is 9.99. The number of hydrogen-bond donors (Lipinski definition) is 2. The Morgan fingerprint density at radius 1 is 1.24 bits per heavy atom. The summed E-state index contributed by atoms with van der Waals surface area (Å²) in [5.74, 6) is -1.92. The number of hydrogen-bond acceptors (Lipinski definition) is 6. The molecule has 1 aromatic carbocycles. The number of aromatic nitrogens is 1. The summed E-state index contributed by atoms with van der Waals surface area (Å²) >= 11 is 1.59. The second-order valence-corrected chi connectivity index (χ2v) is 7.12. The van der Waals surface area contributed by atoms with Crippen LogP contribution in [0.2, 0.25) is 0 Å². The Morgan fingerprint density at radius 3 is 2.84 bits per heavy atom. The lowest BCUT2D eigenvalue weighted by Crippen LogP contribution is -2.26. The number of phenols is 1. The molecular weight excluding hydrogens is 348 g/mol. The molecule has 0 spiro atoms. The number of benzene rings is 1. The zero-order valence-electron chi connectivity index (χ0n) is 13.3. The van der Waals surface area contributed by atoms with E-state index < -0.39 is 23.5 Å². The van der Waals surface area contributed by atoms with E-state index >= 15 is 0 Å². The van der Waals surface area contributed by atoms with E-state index in [0.717, 1.165) is 43.1 Å². The molecule has 4 rings (SSSR count). The van der Waals surface area contributed by atoms with Crippen molar-refractivity contribution in [2.45, 2.75) is 31.3 Å². The second kappa shape index (κ2) is 6.68. The maximum atomic E-state index is 14.1. The first kappa shape index (κ1) is 16.4. The zero-order chi connectivity index (χ0) is 17.4. The Labute approximate surface area is 147 Å². The number of phenolic OH excluding ortho intramolecular Hbond substituents is 1. The Morgan fingerprint density at radius 2 is 2.04 bits per heavy atom. The predicted octanol–water partition coefficient (Wildman–Crippen LogP) is 3.46. The first-order valence-electron chi connectivity index (χ1n) is 8.19. The van der Waals surface area contributed by atoms with Crippen LogP contribution in [0.1, 0.15) is 47.5 Å². The Bertz CT molecular complexity index is 818. The Balaban J connectivity index is 1.51. The average Bonchev–Trinajstić information content (AvgIpc) is 3.29. The molecule has 0 radical (unpaired) electrons. The monoisotopic (exact) mass is 365 g/mol. The first-order chi connectivity index (χ1) is 12.1. The minimum Gasteiger partial charge on any atom is -0.505 e. The standard InChI is InChI=1S/C17H17F2N3O2S/c18-10-1-2-13(23)16(19)15(10)14-7-11(22-24-14)12-8-25-17(21-12)9-3-5-20-6-4-9/h1-2,8-9,14,20,23H,3-7H2. The van der Waals surface area contributed by atoms with Gasteiger partial charge in [0.25, 0.3) is 0 Å². The lowest BCUT2D eigenvalue weighted by molar-refractivity contribution is 0.0795. The topological polar surface area (TPSA) is 66.7 Å². The third-order valence-corrected chi connectivity index (χ3v) is 5.61. The molecule has 3 heterocycles. The van der Waals surface area contributed by atoms with Crippen molar-refractivity contribution in [3.63, 3.8) is 0 Å². The molecule has 2 aromatic rings. The SMILES string of the molecule is Oc1ccc(F)c(C2CC(c3csc(C4CCNCC4)n3)=NO2)c1F. The highest BCUT2D eigenvalue weighted by molar-refractivity contribution is 7.09. The van der Waals surface area contributed by atoms with Gasteiger partial charge in [0.2, 0.25) is 0 Å². The van der Waals surface area contributed by atoms with Gasteiger partial charge in [-0.05, 0) is 38.1 Å². The van der Waals surface area contributed by atoms with Crippen LogP contribution >= 0.6 is 11.3 Å². The van der Waals surface area contributed by atoms with Gasteiger partial charge in [0.1, 0.15) is 11.5 Å². The highest BCUT2D eigenvalue weighted by Crippen LogP contribution is 2.36. The van der Waals surface area contributed by atoms with Crippen LogP contribution in [0, 0.1) is 11.6 Å². The van der Waals surface area contributed by atoms with Crippen molar-refractivity contribution < 1.29 is 18.7 Å². The van der Waals surface area contributed by atoms with Crippen molar-refractivity contribution in [1.29, 1.82) is 0 Å². The van der Waals surface area contributed by atoms with Crippen LogP contribution in [0.4, 0.5) is 8.78 Å². The molecule has 2 N–H and O–H groups in total. The van der Waals surface area contributed by atoms with Gasteiger partial charge < -0.3 is 15.3 Å². The second-order valence-electron chi connectivity index (χ2n) is 6.23. The summed E-state index contributed by atoms with van der Waals surface area (Å²) in [6.45, 7) is 1.98. The summed E-state index contributed by atoms with van der Waals surface area (Å²) in [6.07, 6.45) is 1.43. The van der Waals surface area contributed by atoms with Gasteiger partial charge >= 0.3 is 0 Å². The summed E-state index contributed by atoms with van der Waals surface area (Å²) in [5, 5.41) is 19.7. The third kappa shape index (κ3) is 3.11. The Kier molecular flexibility index (Phi) is 4.39. The van der Waals surface area contributed by atoms with Crippen molar-refractivity contribution in [3.05, 3.63) is 45.4 Å². The van der Waals surface area contributed by atoms with Crippen LogP contribution in [0.25, 0.3) is 0 Å². The minimum absolute atomic E-state index is 0.215. The van der Waals surface area contributed by atoms with Gasteiger partial charge in [-0.2, -0.15) is 0 Å². The van der Waals surface area contributed by atoms with Crippen molar-refractivity contribution in [1.82, 2.24) is 10.3 Å². The number of rotatable bonds is 3. The van der Waals surface area contributed by atoms with E-state index in [1.807, 2.05) is 5.38 Å². The summed E-state index contributed by atoms with van der Waals surface area (Å²) in [5.41, 5.74) is 0.970. The first-order valence-corrected chi connectivity index (χ1v) is 9.07. The number of oxime groups is 1. The highest BCUT2D eigenvalue weighted by atomic mass is 32.1. The summed E-state index contributed by atoms with van der Waals surface area (Å²) in [7, 11) is 0. The fraction of sp³-hybridized carbons (Fsp3) is 0.412. The molecule has 0 aliphatic carbocycles. The molecule has 1 atom stereocenters. The van der Waals surface area contributed by atoms with Gasteiger partial charge in [-0.3, -0.25) is 0 Å². The number of aromatic hydroxyl groups is 1. The molecule has 2 aliphatic heterocycles. The fourth-order valence-electron chi connectivity index (χ4n) is 3.21. The Hall–Kier alpha value is -2.06. The zero-order valence-corrected chi connectivity index (χ0v) is 14.2. The van der Waals surface area contributed by atoms with Crippen molar-refractivity contribution in [2.75, 3.05) is 13.1 Å². The molecule has 2 aliphatic rings. The molecule has 132 valence electrons. The molecule has 1 saturated heterocycles. The maximum Gasteiger partial charge on any atom is 0.174 e. The summed E-state index contributed by atoms with van der Waals surface area (Å²) < 4.78 is 28.0. The molecule has 0 saturated carbocycles. The van der Waals surface area contributed by atoms with Crippen molar-refractivity contribution >= 4 is 17.0 Å². The van der Waals surface area contributed by atoms with Crippen molar-refractivity contribution in [3.8, 4) is 5.75 Å². The van der Waals surface area contributed by atoms with Gasteiger partial charge in [0.15, 0.2) is 17.7 Å². The number of halogens is 2. The van der Waals surface area contributed by atoms with E-state index in [2.05, 4.69) is 15.5 Å². The van der Waals surface area contributed by atoms with E-state index in [1.165, 1.54) is 0 Å². The number of nitrogens with one attached hydrogen (secondary N) is 1. The predicted molar refractivity (Wildman–Crippen MR) is 90.0 cm³/mol. The molecule has 0 bridgehead atoms. The van der Waals surface area contributed by atoms with E-state index in [4.69, 9.17) is 4.84 Å². The van der Waals surface area contributed by atoms with Crippen molar-refractivity contribution in [2.24, 2.45) is 5.16 Å². The number of thiazole rings is 1. The summed E-state index contributed by atoms with van der Waals surface area (Å²) in [6, 6.07) is 2.00. The van der Waals surface area contributed by atoms with Gasteiger partial charge in [0, 0.05) is 17.7 Å². The van der Waals surface area contributed by atoms with Crippen LogP contribution in [0.15, 0.2) is 22.7 Å². The molecule has 25 heavy (non-hydrogen) atoms.